The molecular formula is C23H22FN3O3. The van der Waals surface area contributed by atoms with Gasteiger partial charge in [-0.3, -0.25) is 4.40 Å². The van der Waals surface area contributed by atoms with Crippen LogP contribution in [0.3, 0.4) is 0 Å². The first-order valence-electron chi connectivity index (χ1n) is 9.68. The summed E-state index contributed by atoms with van der Waals surface area (Å²) in [6.07, 6.45) is 2.78. The molecule has 154 valence electrons. The molecule has 0 aliphatic rings. The molecule has 2 aromatic heterocycles. The number of halogens is 1. The lowest BCUT2D eigenvalue weighted by Gasteiger charge is -2.12. The highest BCUT2D eigenvalue weighted by atomic mass is 19.1. The lowest BCUT2D eigenvalue weighted by atomic mass is 10.0. The summed E-state index contributed by atoms with van der Waals surface area (Å²) in [5.41, 5.74) is 4.19. The van der Waals surface area contributed by atoms with Crippen molar-refractivity contribution in [1.29, 1.82) is 0 Å². The molecule has 0 aliphatic heterocycles. The van der Waals surface area contributed by atoms with Crippen LogP contribution in [-0.2, 0) is 12.8 Å². The molecule has 0 atom stereocenters. The second-order valence-corrected chi connectivity index (χ2v) is 6.78. The normalized spacial score (nSPS) is 11.0. The van der Waals surface area contributed by atoms with Crippen molar-refractivity contribution in [3.8, 4) is 22.6 Å². The van der Waals surface area contributed by atoms with Crippen LogP contribution in [0.25, 0.3) is 16.8 Å². The third kappa shape index (κ3) is 3.97. The Morgan fingerprint density at radius 1 is 1.03 bits per heavy atom. The molecule has 4 rings (SSSR count). The standard InChI is InChI=1S/C23H22FN3O3/c1-29-22-4-2-3-21(24)20(22)12-8-17-7-11-19(23-26-25-15-27(17)23)16-5-9-18(10-6-16)30-14-13-28/h2-7,9-11,15,28H,8,12-14H2,1H3. The molecule has 0 bridgehead atoms. The van der Waals surface area contributed by atoms with Crippen molar-refractivity contribution in [2.24, 2.45) is 0 Å². The first-order valence-corrected chi connectivity index (χ1v) is 9.68. The molecule has 0 fully saturated rings. The van der Waals surface area contributed by atoms with Crippen LogP contribution >= 0.6 is 0 Å². The van der Waals surface area contributed by atoms with E-state index in [1.165, 1.54) is 6.07 Å². The summed E-state index contributed by atoms with van der Waals surface area (Å²) in [5.74, 6) is 0.977. The highest BCUT2D eigenvalue weighted by Gasteiger charge is 2.13. The number of nitrogens with zero attached hydrogens (tertiary/aromatic N) is 3. The number of aliphatic hydroxyl groups is 1. The quantitative estimate of drug-likeness (QED) is 0.482. The number of ether oxygens (including phenoxy) is 2. The first kappa shape index (κ1) is 19.8. The Hall–Kier alpha value is -3.45. The number of aryl methyl sites for hydroxylation is 1. The second kappa shape index (κ2) is 8.92. The number of methoxy groups -OCH3 is 1. The molecule has 4 aromatic rings. The number of pyridine rings is 1. The van der Waals surface area contributed by atoms with E-state index in [2.05, 4.69) is 10.2 Å². The predicted octanol–water partition coefficient (Wildman–Crippen LogP) is 3.70. The predicted molar refractivity (Wildman–Crippen MR) is 111 cm³/mol. The zero-order valence-electron chi connectivity index (χ0n) is 16.6. The third-order valence-corrected chi connectivity index (χ3v) is 4.99. The van der Waals surface area contributed by atoms with Gasteiger partial charge in [-0.1, -0.05) is 18.2 Å². The van der Waals surface area contributed by atoms with Gasteiger partial charge >= 0.3 is 0 Å². The van der Waals surface area contributed by atoms with E-state index in [0.29, 0.717) is 29.9 Å². The summed E-state index contributed by atoms with van der Waals surface area (Å²) in [6.45, 7) is 0.234. The van der Waals surface area contributed by atoms with Crippen LogP contribution in [0.2, 0.25) is 0 Å². The van der Waals surface area contributed by atoms with Gasteiger partial charge in [0.25, 0.3) is 0 Å². The van der Waals surface area contributed by atoms with E-state index >= 15 is 0 Å². The molecule has 0 amide bonds. The van der Waals surface area contributed by atoms with Crippen LogP contribution in [0.5, 0.6) is 11.5 Å². The molecule has 1 N–H and O–H groups in total. The van der Waals surface area contributed by atoms with Crippen LogP contribution in [0.4, 0.5) is 4.39 Å². The van der Waals surface area contributed by atoms with Gasteiger partial charge in [0.15, 0.2) is 5.65 Å². The monoisotopic (exact) mass is 407 g/mol. The zero-order chi connectivity index (χ0) is 20.9. The maximum Gasteiger partial charge on any atom is 0.168 e. The maximum atomic E-state index is 14.3. The SMILES string of the molecule is COc1cccc(F)c1CCc1ccc(-c2ccc(OCCO)cc2)c2nncn12. The average Bonchev–Trinajstić information content (AvgIpc) is 3.27. The second-order valence-electron chi connectivity index (χ2n) is 6.78. The van der Waals surface area contributed by atoms with Crippen molar-refractivity contribution in [3.63, 3.8) is 0 Å². The smallest absolute Gasteiger partial charge is 0.168 e. The van der Waals surface area contributed by atoms with Crippen molar-refractivity contribution in [2.45, 2.75) is 12.8 Å². The Kier molecular flexibility index (Phi) is 5.90. The van der Waals surface area contributed by atoms with E-state index in [4.69, 9.17) is 14.6 Å². The Morgan fingerprint density at radius 3 is 2.63 bits per heavy atom. The molecule has 7 heteroatoms. The minimum absolute atomic E-state index is 0.0255. The molecule has 0 saturated carbocycles. The molecular weight excluding hydrogens is 385 g/mol. The van der Waals surface area contributed by atoms with Gasteiger partial charge in [0.05, 0.1) is 13.7 Å². The number of fused-ring (bicyclic) bond motifs is 1. The molecule has 0 saturated heterocycles. The fourth-order valence-electron chi connectivity index (χ4n) is 3.51. The topological polar surface area (TPSA) is 68.9 Å². The summed E-state index contributed by atoms with van der Waals surface area (Å²) < 4.78 is 26.9. The number of hydrogen-bond donors (Lipinski definition) is 1. The fraction of sp³-hybridized carbons (Fsp3) is 0.217. The van der Waals surface area contributed by atoms with E-state index in [1.807, 2.05) is 40.8 Å². The maximum absolute atomic E-state index is 14.3. The van der Waals surface area contributed by atoms with Crippen molar-refractivity contribution in [3.05, 3.63) is 78.0 Å². The highest BCUT2D eigenvalue weighted by molar-refractivity contribution is 5.77. The number of rotatable bonds is 8. The van der Waals surface area contributed by atoms with Crippen LogP contribution in [0, 0.1) is 5.82 Å². The summed E-state index contributed by atoms with van der Waals surface area (Å²) in [5, 5.41) is 17.2. The highest BCUT2D eigenvalue weighted by Crippen LogP contribution is 2.28. The van der Waals surface area contributed by atoms with Gasteiger partial charge in [-0.2, -0.15) is 0 Å². The number of benzene rings is 2. The first-order chi connectivity index (χ1) is 14.7. The molecule has 2 heterocycles. The number of aromatic nitrogens is 3. The Balaban J connectivity index is 1.60. The van der Waals surface area contributed by atoms with Crippen molar-refractivity contribution in [1.82, 2.24) is 14.6 Å². The molecule has 2 aromatic carbocycles. The molecule has 6 nitrogen and oxygen atoms in total. The lowest BCUT2D eigenvalue weighted by molar-refractivity contribution is 0.201. The van der Waals surface area contributed by atoms with Crippen LogP contribution in [-0.4, -0.2) is 40.0 Å². The Bertz CT molecular complexity index is 1140. The van der Waals surface area contributed by atoms with E-state index in [-0.39, 0.29) is 19.0 Å². The summed E-state index contributed by atoms with van der Waals surface area (Å²) in [4.78, 5) is 0. The minimum atomic E-state index is -0.269. The Labute approximate surface area is 173 Å². The fourth-order valence-corrected chi connectivity index (χ4v) is 3.51. The Morgan fingerprint density at radius 2 is 1.87 bits per heavy atom. The van der Waals surface area contributed by atoms with E-state index in [1.54, 1.807) is 25.6 Å². The van der Waals surface area contributed by atoms with Gasteiger partial charge in [-0.05, 0) is 54.8 Å². The van der Waals surface area contributed by atoms with Crippen LogP contribution in [0.1, 0.15) is 11.3 Å². The summed E-state index contributed by atoms with van der Waals surface area (Å²) in [6, 6.07) is 16.5. The van der Waals surface area contributed by atoms with E-state index in [9.17, 15) is 4.39 Å². The van der Waals surface area contributed by atoms with E-state index < -0.39 is 0 Å². The van der Waals surface area contributed by atoms with Crippen LogP contribution in [0.15, 0.2) is 60.9 Å². The summed E-state index contributed by atoms with van der Waals surface area (Å²) in [7, 11) is 1.55. The minimum Gasteiger partial charge on any atom is -0.496 e. The third-order valence-electron chi connectivity index (χ3n) is 4.99. The van der Waals surface area contributed by atoms with Gasteiger partial charge < -0.3 is 14.6 Å². The molecule has 0 radical (unpaired) electrons. The number of aliphatic hydroxyl groups excluding tert-OH is 1. The van der Waals surface area contributed by atoms with Crippen molar-refractivity contribution < 1.29 is 19.0 Å². The largest absolute Gasteiger partial charge is 0.496 e. The number of hydrogen-bond acceptors (Lipinski definition) is 5. The zero-order valence-corrected chi connectivity index (χ0v) is 16.6. The van der Waals surface area contributed by atoms with Gasteiger partial charge in [-0.15, -0.1) is 10.2 Å². The van der Waals surface area contributed by atoms with E-state index in [0.717, 1.165) is 22.5 Å². The van der Waals surface area contributed by atoms with Gasteiger partial charge in [0.2, 0.25) is 0 Å². The van der Waals surface area contributed by atoms with Crippen molar-refractivity contribution >= 4 is 5.65 Å². The van der Waals surface area contributed by atoms with Crippen LogP contribution < -0.4 is 9.47 Å². The molecule has 0 spiro atoms. The van der Waals surface area contributed by atoms with Crippen molar-refractivity contribution in [2.75, 3.05) is 20.3 Å². The summed E-state index contributed by atoms with van der Waals surface area (Å²) >= 11 is 0. The van der Waals surface area contributed by atoms with Gasteiger partial charge in [-0.25, -0.2) is 4.39 Å². The lowest BCUT2D eigenvalue weighted by Crippen LogP contribution is -2.03. The van der Waals surface area contributed by atoms with Gasteiger partial charge in [0.1, 0.15) is 30.3 Å². The molecule has 0 unspecified atom stereocenters. The van der Waals surface area contributed by atoms with Gasteiger partial charge in [0, 0.05) is 16.8 Å². The molecule has 30 heavy (non-hydrogen) atoms. The average molecular weight is 407 g/mol. The molecule has 0 aliphatic carbocycles.